The number of hydrogen-bond donors (Lipinski definition) is 1. The van der Waals surface area contributed by atoms with E-state index in [0.717, 1.165) is 23.0 Å². The molecule has 3 aromatic rings. The second kappa shape index (κ2) is 7.53. The Kier molecular flexibility index (Phi) is 5.33. The third kappa shape index (κ3) is 4.75. The van der Waals surface area contributed by atoms with Gasteiger partial charge in [0, 0.05) is 10.6 Å². The van der Waals surface area contributed by atoms with E-state index in [-0.39, 0.29) is 23.1 Å². The van der Waals surface area contributed by atoms with E-state index in [2.05, 4.69) is 20.7 Å². The average molecular weight is 416 g/mol. The van der Waals surface area contributed by atoms with E-state index in [9.17, 15) is 18.0 Å². The van der Waals surface area contributed by atoms with Crippen LogP contribution in [0.4, 0.5) is 18.9 Å². The van der Waals surface area contributed by atoms with Crippen LogP contribution in [0.2, 0.25) is 10.0 Å². The van der Waals surface area contributed by atoms with Gasteiger partial charge >= 0.3 is 6.18 Å². The van der Waals surface area contributed by atoms with Gasteiger partial charge in [-0.05, 0) is 47.7 Å². The molecule has 1 aromatic heterocycles. The summed E-state index contributed by atoms with van der Waals surface area (Å²) in [6.07, 6.45) is -4.55. The first-order valence-electron chi connectivity index (χ1n) is 7.43. The van der Waals surface area contributed by atoms with Crippen molar-refractivity contribution < 1.29 is 18.0 Å². The van der Waals surface area contributed by atoms with Gasteiger partial charge in [-0.1, -0.05) is 23.2 Å². The largest absolute Gasteiger partial charge is 0.416 e. The van der Waals surface area contributed by atoms with Gasteiger partial charge in [-0.3, -0.25) is 4.79 Å². The third-order valence-electron chi connectivity index (χ3n) is 3.41. The minimum atomic E-state index is -4.55. The molecule has 1 amide bonds. The molecular weight excluding hydrogens is 406 g/mol. The highest BCUT2D eigenvalue weighted by Gasteiger charge is 2.31. The molecule has 0 saturated heterocycles. The van der Waals surface area contributed by atoms with Crippen LogP contribution in [0.1, 0.15) is 5.56 Å². The first-order chi connectivity index (χ1) is 12.7. The molecule has 0 aliphatic heterocycles. The number of aromatic nitrogens is 4. The van der Waals surface area contributed by atoms with Crippen molar-refractivity contribution >= 4 is 34.8 Å². The maximum absolute atomic E-state index is 12.8. The number of alkyl halides is 3. The normalized spacial score (nSPS) is 11.4. The van der Waals surface area contributed by atoms with Gasteiger partial charge in [0.25, 0.3) is 0 Å². The summed E-state index contributed by atoms with van der Waals surface area (Å²) in [6, 6.07) is 9.33. The van der Waals surface area contributed by atoms with E-state index in [0.29, 0.717) is 10.6 Å². The Morgan fingerprint density at radius 2 is 1.81 bits per heavy atom. The highest BCUT2D eigenvalue weighted by Crippen LogP contribution is 2.33. The van der Waals surface area contributed by atoms with E-state index in [1.807, 2.05) is 0 Å². The Hall–Kier alpha value is -2.65. The van der Waals surface area contributed by atoms with Gasteiger partial charge in [0.2, 0.25) is 11.7 Å². The molecule has 0 aliphatic carbocycles. The molecule has 0 fully saturated rings. The Bertz CT molecular complexity index is 973. The Morgan fingerprint density at radius 1 is 1.11 bits per heavy atom. The zero-order valence-corrected chi connectivity index (χ0v) is 14.8. The number of rotatable bonds is 4. The third-order valence-corrected chi connectivity index (χ3v) is 3.99. The molecule has 11 heteroatoms. The quantitative estimate of drug-likeness (QED) is 0.689. The fraction of sp³-hybridized carbons (Fsp3) is 0.125. The van der Waals surface area contributed by atoms with Crippen molar-refractivity contribution in [3.63, 3.8) is 0 Å². The van der Waals surface area contributed by atoms with Crippen LogP contribution < -0.4 is 5.32 Å². The van der Waals surface area contributed by atoms with Crippen LogP contribution in [-0.4, -0.2) is 26.1 Å². The standard InChI is InChI=1S/C16H10Cl2F3N5O/c17-11-4-1-9(2-5-11)15-23-25-26(24-15)8-14(27)22-13-7-10(16(19,20)21)3-6-12(13)18/h1-7H,8H2,(H,22,27). The summed E-state index contributed by atoms with van der Waals surface area (Å²) in [5.41, 5.74) is -0.437. The molecule has 6 nitrogen and oxygen atoms in total. The molecular formula is C16H10Cl2F3N5O. The number of hydrogen-bond acceptors (Lipinski definition) is 4. The fourth-order valence-corrected chi connectivity index (χ4v) is 2.43. The summed E-state index contributed by atoms with van der Waals surface area (Å²) in [4.78, 5) is 13.1. The second-order valence-electron chi connectivity index (χ2n) is 5.39. The average Bonchev–Trinajstić information content (AvgIpc) is 3.04. The lowest BCUT2D eigenvalue weighted by molar-refractivity contribution is -0.137. The van der Waals surface area contributed by atoms with Crippen molar-refractivity contribution in [1.82, 2.24) is 20.2 Å². The number of anilines is 1. The van der Waals surface area contributed by atoms with Gasteiger partial charge in [0.1, 0.15) is 6.54 Å². The molecule has 1 heterocycles. The number of carbonyl (C=O) groups excluding carboxylic acids is 1. The van der Waals surface area contributed by atoms with Crippen molar-refractivity contribution in [2.45, 2.75) is 12.7 Å². The van der Waals surface area contributed by atoms with Crippen LogP contribution in [0.3, 0.4) is 0 Å². The first kappa shape index (κ1) is 19.1. The molecule has 3 rings (SSSR count). The zero-order chi connectivity index (χ0) is 19.6. The zero-order valence-electron chi connectivity index (χ0n) is 13.3. The molecule has 27 heavy (non-hydrogen) atoms. The summed E-state index contributed by atoms with van der Waals surface area (Å²) in [5, 5.41) is 14.4. The predicted molar refractivity (Wildman–Crippen MR) is 93.3 cm³/mol. The van der Waals surface area contributed by atoms with Gasteiger partial charge in [0.05, 0.1) is 16.3 Å². The molecule has 140 valence electrons. The van der Waals surface area contributed by atoms with Crippen LogP contribution >= 0.6 is 23.2 Å². The summed E-state index contributed by atoms with van der Waals surface area (Å²) in [7, 11) is 0. The Labute approximate surface area is 160 Å². The van der Waals surface area contributed by atoms with Crippen LogP contribution in [0.15, 0.2) is 42.5 Å². The van der Waals surface area contributed by atoms with Crippen molar-refractivity contribution in [3.8, 4) is 11.4 Å². The SMILES string of the molecule is O=C(Cn1nnc(-c2ccc(Cl)cc2)n1)Nc1cc(C(F)(F)F)ccc1Cl. The minimum Gasteiger partial charge on any atom is -0.323 e. The van der Waals surface area contributed by atoms with Crippen molar-refractivity contribution in [1.29, 1.82) is 0 Å². The number of tetrazole rings is 1. The topological polar surface area (TPSA) is 72.7 Å². The second-order valence-corrected chi connectivity index (χ2v) is 6.23. The molecule has 1 N–H and O–H groups in total. The Morgan fingerprint density at radius 3 is 2.48 bits per heavy atom. The maximum atomic E-state index is 12.8. The number of nitrogens with one attached hydrogen (secondary N) is 1. The molecule has 0 bridgehead atoms. The van der Waals surface area contributed by atoms with E-state index in [4.69, 9.17) is 23.2 Å². The predicted octanol–water partition coefficient (Wildman–Crippen LogP) is 4.30. The maximum Gasteiger partial charge on any atom is 0.416 e. The molecule has 0 saturated carbocycles. The summed E-state index contributed by atoms with van der Waals surface area (Å²) in [6.45, 7) is -0.354. The number of carbonyl (C=O) groups is 1. The van der Waals surface area contributed by atoms with Crippen molar-refractivity contribution in [2.75, 3.05) is 5.32 Å². The summed E-state index contributed by atoms with van der Waals surface area (Å²) < 4.78 is 38.3. The van der Waals surface area contributed by atoms with E-state index < -0.39 is 17.6 Å². The van der Waals surface area contributed by atoms with Gasteiger partial charge in [-0.2, -0.15) is 18.0 Å². The smallest absolute Gasteiger partial charge is 0.323 e. The monoisotopic (exact) mass is 415 g/mol. The molecule has 0 aliphatic rings. The lowest BCUT2D eigenvalue weighted by atomic mass is 10.2. The minimum absolute atomic E-state index is 0.0234. The van der Waals surface area contributed by atoms with E-state index >= 15 is 0 Å². The summed E-state index contributed by atoms with van der Waals surface area (Å²) in [5.74, 6) is -0.382. The molecule has 0 atom stereocenters. The number of halogens is 5. The highest BCUT2D eigenvalue weighted by molar-refractivity contribution is 6.33. The summed E-state index contributed by atoms with van der Waals surface area (Å²) >= 11 is 11.7. The fourth-order valence-electron chi connectivity index (χ4n) is 2.14. The van der Waals surface area contributed by atoms with Crippen LogP contribution in [0.25, 0.3) is 11.4 Å². The highest BCUT2D eigenvalue weighted by atomic mass is 35.5. The van der Waals surface area contributed by atoms with E-state index in [1.165, 1.54) is 0 Å². The van der Waals surface area contributed by atoms with E-state index in [1.54, 1.807) is 24.3 Å². The van der Waals surface area contributed by atoms with Gasteiger partial charge in [-0.15, -0.1) is 10.2 Å². The van der Waals surface area contributed by atoms with Gasteiger partial charge < -0.3 is 5.32 Å². The number of amides is 1. The lowest BCUT2D eigenvalue weighted by Crippen LogP contribution is -2.21. The number of nitrogens with zero attached hydrogens (tertiary/aromatic N) is 4. The number of benzene rings is 2. The van der Waals surface area contributed by atoms with Crippen molar-refractivity contribution in [2.24, 2.45) is 0 Å². The van der Waals surface area contributed by atoms with Crippen molar-refractivity contribution in [3.05, 3.63) is 58.1 Å². The van der Waals surface area contributed by atoms with Crippen LogP contribution in [0, 0.1) is 0 Å². The lowest BCUT2D eigenvalue weighted by Gasteiger charge is -2.11. The van der Waals surface area contributed by atoms with Gasteiger partial charge in [-0.25, -0.2) is 0 Å². The molecule has 0 radical (unpaired) electrons. The Balaban J connectivity index is 1.71. The first-order valence-corrected chi connectivity index (χ1v) is 8.18. The molecule has 0 spiro atoms. The van der Waals surface area contributed by atoms with Gasteiger partial charge in [0.15, 0.2) is 0 Å². The molecule has 2 aromatic carbocycles. The molecule has 0 unspecified atom stereocenters. The van der Waals surface area contributed by atoms with Crippen LogP contribution in [-0.2, 0) is 17.5 Å². The van der Waals surface area contributed by atoms with Crippen LogP contribution in [0.5, 0.6) is 0 Å².